The van der Waals surface area contributed by atoms with E-state index >= 15 is 0 Å². The molecule has 3 aliphatic heterocycles. The summed E-state index contributed by atoms with van der Waals surface area (Å²) < 4.78 is 89.2. The number of nitrogens with one attached hydrogen (secondary N) is 1. The lowest BCUT2D eigenvalue weighted by atomic mass is 9.95. The fourth-order valence-electron chi connectivity index (χ4n) is 8.06. The highest BCUT2D eigenvalue weighted by molar-refractivity contribution is 7.48. The second kappa shape index (κ2) is 27.8. The van der Waals surface area contributed by atoms with Gasteiger partial charge in [-0.2, -0.15) is 0 Å². The number of hydrogen-bond donors (Lipinski definition) is 2. The Balaban J connectivity index is 1.42. The van der Waals surface area contributed by atoms with Crippen LogP contribution in [-0.2, 0) is 96.5 Å². The zero-order valence-electron chi connectivity index (χ0n) is 43.6. The second-order valence-electron chi connectivity index (χ2n) is 19.7. The molecule has 2 saturated heterocycles. The summed E-state index contributed by atoms with van der Waals surface area (Å²) in [4.78, 5) is 43.5. The van der Waals surface area contributed by atoms with Gasteiger partial charge in [0.1, 0.15) is 49.2 Å². The lowest BCUT2D eigenvalue weighted by molar-refractivity contribution is -0.299. The number of nitrogens with zero attached hydrogens (tertiary/aromatic N) is 3. The zero-order chi connectivity index (χ0) is 54.2. The van der Waals surface area contributed by atoms with E-state index in [-0.39, 0.29) is 63.9 Å². The Labute approximate surface area is 439 Å². The number of ether oxygens (including phenoxy) is 8. The fourth-order valence-corrected chi connectivity index (χ4v) is 10.5. The molecule has 3 aromatic carbocycles. The minimum absolute atomic E-state index is 0.00313. The Bertz CT molecular complexity index is 2400. The predicted octanol–water partition coefficient (Wildman–Crippen LogP) is 8.87. The number of phosphoric ester groups is 1. The molecule has 3 aliphatic rings. The first kappa shape index (κ1) is 59.2. The van der Waals surface area contributed by atoms with Crippen molar-refractivity contribution in [2.75, 3.05) is 19.8 Å². The lowest BCUT2D eigenvalue weighted by Crippen LogP contribution is -2.67. The molecule has 6 rings (SSSR count). The molecule has 410 valence electrons. The van der Waals surface area contributed by atoms with Crippen molar-refractivity contribution in [1.29, 1.82) is 0 Å². The van der Waals surface area contributed by atoms with Gasteiger partial charge in [-0.05, 0) is 52.3 Å². The molecule has 0 bridgehead atoms. The molecule has 2 fully saturated rings. The first-order valence-corrected chi connectivity index (χ1v) is 29.4. The zero-order valence-corrected chi connectivity index (χ0v) is 45.5. The van der Waals surface area contributed by atoms with Gasteiger partial charge in [0, 0.05) is 11.3 Å². The Morgan fingerprint density at radius 1 is 0.880 bits per heavy atom. The van der Waals surface area contributed by atoms with Crippen molar-refractivity contribution in [3.63, 3.8) is 0 Å². The van der Waals surface area contributed by atoms with E-state index in [1.54, 1.807) is 38.1 Å². The summed E-state index contributed by atoms with van der Waals surface area (Å²) >= 11 is 0. The molecule has 1 amide bonds. The van der Waals surface area contributed by atoms with Crippen LogP contribution in [0.3, 0.4) is 0 Å². The van der Waals surface area contributed by atoms with Gasteiger partial charge >= 0.3 is 19.9 Å². The first-order valence-electron chi connectivity index (χ1n) is 25.0. The third-order valence-corrected chi connectivity index (χ3v) is 19.1. The van der Waals surface area contributed by atoms with Crippen molar-refractivity contribution in [2.45, 2.75) is 166 Å². The summed E-state index contributed by atoms with van der Waals surface area (Å²) in [6.45, 7) is 15.7. The SMILES string of the molecule is C=CCOC(=O)O[C@@H]1C(NC(=O)C[C@@H](CC)OC(=O)CC)[C@H](OCC2O[C@@H](O[Si](C)(C)C(C)(C)C)C(N=[N+]=[N-])[C@@H](O)[C@@H]2OCc2ccccc2)OC(COCc2ccccc2)[C@H]1OP1(=O)OCc2ccccc2CO1. The Kier molecular flexibility index (Phi) is 22.0. The minimum atomic E-state index is -4.60. The van der Waals surface area contributed by atoms with E-state index in [1.165, 1.54) is 6.08 Å². The van der Waals surface area contributed by atoms with Gasteiger partial charge in [0.05, 0.1) is 52.2 Å². The molecule has 0 spiro atoms. The number of rotatable bonds is 24. The van der Waals surface area contributed by atoms with E-state index in [9.17, 15) is 29.6 Å². The molecular weight excluding hydrogens is 1010 g/mol. The average molecular weight is 1080 g/mol. The Hall–Kier alpha value is -5.03. The molecule has 0 radical (unpaired) electrons. The van der Waals surface area contributed by atoms with Gasteiger partial charge in [0.25, 0.3) is 0 Å². The van der Waals surface area contributed by atoms with Gasteiger partial charge in [-0.25, -0.2) is 9.36 Å². The number of carbonyl (C=O) groups excluding carboxylic acids is 3. The van der Waals surface area contributed by atoms with Gasteiger partial charge in [-0.3, -0.25) is 23.2 Å². The van der Waals surface area contributed by atoms with Crippen molar-refractivity contribution in [3.05, 3.63) is 130 Å². The van der Waals surface area contributed by atoms with E-state index in [0.29, 0.717) is 11.1 Å². The van der Waals surface area contributed by atoms with Crippen LogP contribution >= 0.6 is 7.82 Å². The van der Waals surface area contributed by atoms with Gasteiger partial charge < -0.3 is 52.7 Å². The molecule has 0 aliphatic carbocycles. The molecule has 3 aromatic rings. The number of carbonyl (C=O) groups is 3. The maximum absolute atomic E-state index is 14.8. The van der Waals surface area contributed by atoms with Crippen LogP contribution in [0.25, 0.3) is 10.4 Å². The lowest BCUT2D eigenvalue weighted by Gasteiger charge is -2.48. The number of azide groups is 1. The summed E-state index contributed by atoms with van der Waals surface area (Å²) in [5, 5.41) is 18.6. The summed E-state index contributed by atoms with van der Waals surface area (Å²) in [5.41, 5.74) is 12.7. The van der Waals surface area contributed by atoms with E-state index in [1.807, 2.05) is 94.5 Å². The molecule has 4 unspecified atom stereocenters. The number of hydrogen-bond acceptors (Lipinski definition) is 18. The minimum Gasteiger partial charge on any atom is -0.462 e. The molecule has 21 nitrogen and oxygen atoms in total. The first-order chi connectivity index (χ1) is 35.9. The van der Waals surface area contributed by atoms with Gasteiger partial charge in [-0.15, -0.1) is 0 Å². The third kappa shape index (κ3) is 16.7. The molecular formula is C52H71N4O17PSi. The van der Waals surface area contributed by atoms with Crippen LogP contribution in [0.15, 0.2) is 103 Å². The van der Waals surface area contributed by atoms with Gasteiger partial charge in [0.15, 0.2) is 27.0 Å². The molecule has 23 heteroatoms. The predicted molar refractivity (Wildman–Crippen MR) is 274 cm³/mol. The van der Waals surface area contributed by atoms with Crippen molar-refractivity contribution >= 4 is 34.2 Å². The number of benzene rings is 3. The number of esters is 1. The van der Waals surface area contributed by atoms with Crippen molar-refractivity contribution in [1.82, 2.24) is 5.32 Å². The summed E-state index contributed by atoms with van der Waals surface area (Å²) in [5.74, 6) is -1.22. The number of aliphatic hydroxyl groups excluding tert-OH is 1. The highest BCUT2D eigenvalue weighted by Gasteiger charge is 2.55. The quantitative estimate of drug-likeness (QED) is 0.0161. The van der Waals surface area contributed by atoms with E-state index in [0.717, 1.165) is 11.1 Å². The Morgan fingerprint density at radius 2 is 1.48 bits per heavy atom. The molecule has 11 atom stereocenters. The largest absolute Gasteiger partial charge is 0.509 e. The van der Waals surface area contributed by atoms with Crippen LogP contribution in [0.5, 0.6) is 0 Å². The number of aliphatic hydroxyl groups is 1. The molecule has 2 N–H and O–H groups in total. The monoisotopic (exact) mass is 1080 g/mol. The summed E-state index contributed by atoms with van der Waals surface area (Å²) in [6, 6.07) is 22.8. The number of phosphoric acid groups is 1. The van der Waals surface area contributed by atoms with Crippen molar-refractivity contribution in [2.24, 2.45) is 5.11 Å². The smallest absolute Gasteiger partial charge is 0.462 e. The fraction of sp³-hybridized carbons (Fsp3) is 0.558. The summed E-state index contributed by atoms with van der Waals surface area (Å²) in [7, 11) is -7.31. The molecule has 75 heavy (non-hydrogen) atoms. The van der Waals surface area contributed by atoms with Crippen molar-refractivity contribution in [3.8, 4) is 0 Å². The van der Waals surface area contributed by atoms with E-state index in [4.69, 9.17) is 55.9 Å². The van der Waals surface area contributed by atoms with E-state index < -0.39 is 108 Å². The number of amides is 1. The van der Waals surface area contributed by atoms with Crippen LogP contribution in [-0.4, -0.2) is 119 Å². The van der Waals surface area contributed by atoms with Crippen LogP contribution in [0.4, 0.5) is 4.79 Å². The molecule has 3 heterocycles. The normalized spacial score (nSPS) is 26.0. The maximum Gasteiger partial charge on any atom is 0.509 e. The van der Waals surface area contributed by atoms with Crippen LogP contribution in [0, 0.1) is 0 Å². The molecule has 0 saturated carbocycles. The maximum atomic E-state index is 14.8. The highest BCUT2D eigenvalue weighted by atomic mass is 31.2. The van der Waals surface area contributed by atoms with E-state index in [2.05, 4.69) is 21.9 Å². The Morgan fingerprint density at radius 3 is 2.07 bits per heavy atom. The van der Waals surface area contributed by atoms with Gasteiger partial charge in [-0.1, -0.05) is 137 Å². The van der Waals surface area contributed by atoms with Gasteiger partial charge in [0.2, 0.25) is 5.91 Å². The third-order valence-electron chi connectivity index (χ3n) is 13.3. The van der Waals surface area contributed by atoms with Crippen LogP contribution in [0.1, 0.15) is 76.1 Å². The van der Waals surface area contributed by atoms with Crippen LogP contribution in [0.2, 0.25) is 18.1 Å². The summed E-state index contributed by atoms with van der Waals surface area (Å²) in [6.07, 6.45) is -12.3. The van der Waals surface area contributed by atoms with Crippen molar-refractivity contribution < 1.29 is 79.9 Å². The standard InChI is InChI=1S/C52H71N4O17PSi/c1-9-26-63-51(60)71-48-44(54-41(57)27-38(10-2)68-42(58)11-3)49(69-39(32-62-28-34-20-14-12-15-21-34)47(48)72-74(61)66-30-36-24-18-19-25-37(36)31-67-74)65-33-40-46(64-29-35-22-16-13-17-23-35)45(59)43(55-56-53)50(70-40)73-75(7,8)52(4,5)6/h9,12-25,38-40,43-50,59H,1,10-11,26-33H2,2-8H3,(H,54,57)/t38-,39?,40?,43?,44?,45-,46-,47-,48-,49-,50+/m1/s1. The molecule has 0 aromatic heterocycles. The number of fused-ring (bicyclic) bond motifs is 1. The van der Waals surface area contributed by atoms with Crippen LogP contribution < -0.4 is 5.32 Å². The topological polar surface area (TPSA) is 260 Å². The highest BCUT2D eigenvalue weighted by Crippen LogP contribution is 2.55. The second-order valence-corrected chi connectivity index (χ2v) is 26.1. The average Bonchev–Trinajstić information content (AvgIpc) is 3.55.